The minimum atomic E-state index is 0.412. The molecule has 0 radical (unpaired) electrons. The van der Waals surface area contributed by atoms with Crippen molar-refractivity contribution in [2.24, 2.45) is 0 Å². The van der Waals surface area contributed by atoms with Crippen molar-refractivity contribution >= 4 is 11.2 Å². The van der Waals surface area contributed by atoms with E-state index in [1.54, 1.807) is 12.4 Å². The Hall–Kier alpha value is -3.78. The van der Waals surface area contributed by atoms with Crippen molar-refractivity contribution in [2.45, 2.75) is 6.42 Å². The summed E-state index contributed by atoms with van der Waals surface area (Å²) in [4.78, 5) is 17.6. The van der Waals surface area contributed by atoms with Gasteiger partial charge >= 0.3 is 0 Å². The number of fused-ring (bicyclic) bond motifs is 1. The van der Waals surface area contributed by atoms with E-state index < -0.39 is 0 Å². The van der Waals surface area contributed by atoms with Gasteiger partial charge in [0, 0.05) is 30.1 Å². The molecule has 4 aromatic rings. The average molecular weight is 352 g/mol. The first kappa shape index (κ1) is 16.7. The lowest BCUT2D eigenvalue weighted by Gasteiger charge is -2.07. The van der Waals surface area contributed by atoms with Crippen LogP contribution in [0.3, 0.4) is 0 Å². The van der Waals surface area contributed by atoms with Gasteiger partial charge in [-0.2, -0.15) is 0 Å². The Kier molecular flexibility index (Phi) is 4.98. The van der Waals surface area contributed by atoms with E-state index in [1.807, 2.05) is 60.7 Å². The molecule has 1 aromatic carbocycles. The zero-order chi connectivity index (χ0) is 18.3. The van der Waals surface area contributed by atoms with Crippen molar-refractivity contribution in [2.75, 3.05) is 6.61 Å². The largest absolute Gasteiger partial charge is 0.475 e. The Balaban J connectivity index is 1.62. The molecule has 5 nitrogen and oxygen atoms in total. The highest BCUT2D eigenvalue weighted by molar-refractivity contribution is 5.71. The van der Waals surface area contributed by atoms with E-state index in [0.717, 1.165) is 11.3 Å². The third-order valence-electron chi connectivity index (χ3n) is 3.83. The molecule has 0 aliphatic carbocycles. The van der Waals surface area contributed by atoms with Crippen molar-refractivity contribution in [1.29, 1.82) is 0 Å². The minimum absolute atomic E-state index is 0.412. The molecule has 0 fully saturated rings. The van der Waals surface area contributed by atoms with Gasteiger partial charge in [-0.25, -0.2) is 15.0 Å². The van der Waals surface area contributed by atoms with Gasteiger partial charge in [0.1, 0.15) is 5.52 Å². The van der Waals surface area contributed by atoms with E-state index in [4.69, 9.17) is 4.74 Å². The van der Waals surface area contributed by atoms with Gasteiger partial charge in [-0.1, -0.05) is 30.2 Å². The number of nitrogens with zero attached hydrogens (tertiary/aromatic N) is 4. The van der Waals surface area contributed by atoms with E-state index in [9.17, 15) is 0 Å². The summed E-state index contributed by atoms with van der Waals surface area (Å²) in [6.45, 7) is 0.442. The van der Waals surface area contributed by atoms with E-state index in [-0.39, 0.29) is 0 Å². The molecule has 130 valence electrons. The normalized spacial score (nSPS) is 10.2. The summed E-state index contributed by atoms with van der Waals surface area (Å²) >= 11 is 0. The second kappa shape index (κ2) is 8.07. The predicted molar refractivity (Wildman–Crippen MR) is 103 cm³/mol. The molecule has 0 unspecified atom stereocenters. The maximum atomic E-state index is 5.89. The molecule has 0 bridgehead atoms. The number of hydrogen-bond donors (Lipinski definition) is 0. The molecule has 0 saturated carbocycles. The van der Waals surface area contributed by atoms with Crippen molar-refractivity contribution in [3.05, 3.63) is 90.0 Å². The number of ether oxygens (including phenoxy) is 1. The van der Waals surface area contributed by atoms with Gasteiger partial charge in [-0.3, -0.25) is 4.98 Å². The quantitative estimate of drug-likeness (QED) is 0.527. The molecule has 0 amide bonds. The smallest absolute Gasteiger partial charge is 0.249 e. The fourth-order valence-electron chi connectivity index (χ4n) is 2.51. The second-order valence-corrected chi connectivity index (χ2v) is 5.76. The zero-order valence-corrected chi connectivity index (χ0v) is 14.5. The lowest BCUT2D eigenvalue weighted by Crippen LogP contribution is -2.06. The topological polar surface area (TPSA) is 60.8 Å². The van der Waals surface area contributed by atoms with Crippen LogP contribution in [-0.4, -0.2) is 26.5 Å². The maximum Gasteiger partial charge on any atom is 0.249 e. The van der Waals surface area contributed by atoms with Gasteiger partial charge in [0.2, 0.25) is 5.88 Å². The number of aromatic nitrogens is 4. The van der Waals surface area contributed by atoms with Gasteiger partial charge in [-0.05, 0) is 42.3 Å². The number of hydrogen-bond acceptors (Lipinski definition) is 5. The summed E-state index contributed by atoms with van der Waals surface area (Å²) in [6, 6.07) is 19.2. The van der Waals surface area contributed by atoms with Gasteiger partial charge in [0.15, 0.2) is 11.3 Å². The van der Waals surface area contributed by atoms with Crippen molar-refractivity contribution in [3.63, 3.8) is 0 Å². The van der Waals surface area contributed by atoms with Crippen LogP contribution in [0, 0.1) is 11.8 Å². The highest BCUT2D eigenvalue weighted by Gasteiger charge is 2.09. The first-order valence-corrected chi connectivity index (χ1v) is 8.61. The molecule has 0 N–H and O–H groups in total. The molecule has 3 heterocycles. The molecular formula is C22H16N4O. The van der Waals surface area contributed by atoms with Gasteiger partial charge in [-0.15, -0.1) is 0 Å². The maximum absolute atomic E-state index is 5.89. The van der Waals surface area contributed by atoms with Crippen molar-refractivity contribution < 1.29 is 4.74 Å². The van der Waals surface area contributed by atoms with Crippen molar-refractivity contribution in [3.8, 4) is 17.7 Å². The molecule has 5 heteroatoms. The Morgan fingerprint density at radius 2 is 1.63 bits per heavy atom. The average Bonchev–Trinajstić information content (AvgIpc) is 2.73. The highest BCUT2D eigenvalue weighted by atomic mass is 16.5. The second-order valence-electron chi connectivity index (χ2n) is 5.76. The Morgan fingerprint density at radius 3 is 2.48 bits per heavy atom. The van der Waals surface area contributed by atoms with E-state index in [1.165, 1.54) is 0 Å². The zero-order valence-electron chi connectivity index (χ0n) is 14.5. The summed E-state index contributed by atoms with van der Waals surface area (Å²) in [7, 11) is 0. The van der Waals surface area contributed by atoms with E-state index >= 15 is 0 Å². The molecule has 27 heavy (non-hydrogen) atoms. The van der Waals surface area contributed by atoms with Crippen LogP contribution in [0.15, 0.2) is 73.1 Å². The van der Waals surface area contributed by atoms with E-state index in [0.29, 0.717) is 35.8 Å². The van der Waals surface area contributed by atoms with Gasteiger partial charge in [0.05, 0.1) is 6.61 Å². The van der Waals surface area contributed by atoms with Gasteiger partial charge < -0.3 is 4.74 Å². The summed E-state index contributed by atoms with van der Waals surface area (Å²) in [6.07, 6.45) is 4.14. The predicted octanol–water partition coefficient (Wildman–Crippen LogP) is 3.44. The van der Waals surface area contributed by atoms with Crippen LogP contribution in [0.1, 0.15) is 17.0 Å². The Bertz CT molecular complexity index is 1100. The van der Waals surface area contributed by atoms with Crippen LogP contribution in [-0.2, 0) is 6.42 Å². The number of rotatable bonds is 4. The molecule has 0 saturated heterocycles. The monoisotopic (exact) mass is 352 g/mol. The van der Waals surface area contributed by atoms with Crippen molar-refractivity contribution in [1.82, 2.24) is 19.9 Å². The molecule has 0 atom stereocenters. The van der Waals surface area contributed by atoms with Crippen LogP contribution >= 0.6 is 0 Å². The first-order valence-electron chi connectivity index (χ1n) is 8.61. The summed E-state index contributed by atoms with van der Waals surface area (Å²) in [5.41, 5.74) is 3.57. The van der Waals surface area contributed by atoms with E-state index in [2.05, 4.69) is 31.8 Å². The molecule has 0 spiro atoms. The fraction of sp³-hybridized carbons (Fsp3) is 0.0909. The highest BCUT2D eigenvalue weighted by Crippen LogP contribution is 2.17. The number of benzene rings is 1. The van der Waals surface area contributed by atoms with Crippen LogP contribution < -0.4 is 4.74 Å². The fourth-order valence-corrected chi connectivity index (χ4v) is 2.51. The first-order chi connectivity index (χ1) is 13.4. The molecule has 3 aromatic heterocycles. The van der Waals surface area contributed by atoms with Crippen LogP contribution in [0.5, 0.6) is 5.88 Å². The lowest BCUT2D eigenvalue weighted by atomic mass is 10.2. The third-order valence-corrected chi connectivity index (χ3v) is 3.83. The lowest BCUT2D eigenvalue weighted by molar-refractivity contribution is 0.307. The van der Waals surface area contributed by atoms with Gasteiger partial charge in [0.25, 0.3) is 0 Å². The van der Waals surface area contributed by atoms with Crippen LogP contribution in [0.25, 0.3) is 11.2 Å². The molecule has 0 aliphatic rings. The number of pyridine rings is 2. The Labute approximate surface area is 157 Å². The van der Waals surface area contributed by atoms with Crippen LogP contribution in [0.2, 0.25) is 0 Å². The molecule has 4 rings (SSSR count). The standard InChI is InChI=1S/C22H16N4O/c1-2-7-17(8-3-1)11-12-20-22(26-19-10-6-15-24-21(19)25-20)27-16-13-18-9-4-5-14-23-18/h1-10,14-15H,13,16H2. The minimum Gasteiger partial charge on any atom is -0.475 e. The summed E-state index contributed by atoms with van der Waals surface area (Å²) in [5, 5.41) is 0. The molecule has 0 aliphatic heterocycles. The SMILES string of the molecule is C(#Cc1nc2ncccc2nc1OCCc1ccccn1)c1ccccc1. The summed E-state index contributed by atoms with van der Waals surface area (Å²) in [5.74, 6) is 6.58. The Morgan fingerprint density at radius 1 is 0.778 bits per heavy atom. The van der Waals surface area contributed by atoms with Crippen LogP contribution in [0.4, 0.5) is 0 Å². The third kappa shape index (κ3) is 4.25. The summed E-state index contributed by atoms with van der Waals surface area (Å²) < 4.78 is 5.89. The molecular weight excluding hydrogens is 336 g/mol.